The summed E-state index contributed by atoms with van der Waals surface area (Å²) in [4.78, 5) is 30.5. The van der Waals surface area contributed by atoms with Gasteiger partial charge < -0.3 is 9.47 Å². The Morgan fingerprint density at radius 3 is 2.55 bits per heavy atom. The lowest BCUT2D eigenvalue weighted by molar-refractivity contribution is -0.156. The van der Waals surface area contributed by atoms with E-state index < -0.39 is 17.9 Å². The molecule has 0 aromatic heterocycles. The van der Waals surface area contributed by atoms with Crippen LogP contribution in [0.5, 0.6) is 0 Å². The van der Waals surface area contributed by atoms with Crippen LogP contribution in [0.25, 0.3) is 0 Å². The number of hydrogen-bond donors (Lipinski definition) is 0. The molecular weight excluding hydrogens is 437 g/mol. The van der Waals surface area contributed by atoms with Crippen molar-refractivity contribution < 1.29 is 19.1 Å². The van der Waals surface area contributed by atoms with Gasteiger partial charge in [-0.2, -0.15) is 0 Å². The van der Waals surface area contributed by atoms with Gasteiger partial charge in [0, 0.05) is 32.9 Å². The standard InChI is InChI=1S/C24H29Cl2NO4/c1-12(13(2)21(28)30-11-14-16(25)7-6-8-17(14)26)18-22(29)31-19-15-9-10-24(5,20(19)27-18)23(15,3)4/h6-8,12-13,15,18-19H,9-11H2,1-5H3/t12-,13+,15+,18+,19+,24-/m0/s1. The summed E-state index contributed by atoms with van der Waals surface area (Å²) >= 11 is 12.3. The molecule has 4 rings (SSSR count). The van der Waals surface area contributed by atoms with Crippen LogP contribution in [0.15, 0.2) is 23.2 Å². The molecule has 2 fully saturated rings. The second-order valence-electron chi connectivity index (χ2n) is 9.97. The molecule has 168 valence electrons. The second-order valence-corrected chi connectivity index (χ2v) is 10.8. The van der Waals surface area contributed by atoms with Crippen LogP contribution in [0.1, 0.15) is 53.0 Å². The Bertz CT molecular complexity index is 939. The molecule has 31 heavy (non-hydrogen) atoms. The summed E-state index contributed by atoms with van der Waals surface area (Å²) < 4.78 is 11.4. The fourth-order valence-electron chi connectivity index (χ4n) is 5.55. The minimum Gasteiger partial charge on any atom is -0.460 e. The van der Waals surface area contributed by atoms with E-state index in [1.54, 1.807) is 25.1 Å². The number of nitrogens with zero attached hydrogens (tertiary/aromatic N) is 1. The van der Waals surface area contributed by atoms with Crippen molar-refractivity contribution in [3.8, 4) is 0 Å². The molecule has 0 amide bonds. The first kappa shape index (κ1) is 22.6. The molecule has 0 radical (unpaired) electrons. The summed E-state index contributed by atoms with van der Waals surface area (Å²) in [5, 5.41) is 0.892. The van der Waals surface area contributed by atoms with E-state index in [4.69, 9.17) is 37.7 Å². The van der Waals surface area contributed by atoms with E-state index in [-0.39, 0.29) is 35.4 Å². The van der Waals surface area contributed by atoms with E-state index >= 15 is 0 Å². The van der Waals surface area contributed by atoms with Crippen LogP contribution in [-0.2, 0) is 25.7 Å². The lowest BCUT2D eigenvalue weighted by Crippen LogP contribution is -2.48. The van der Waals surface area contributed by atoms with Gasteiger partial charge in [0.15, 0.2) is 6.04 Å². The van der Waals surface area contributed by atoms with Gasteiger partial charge in [-0.1, -0.05) is 63.9 Å². The minimum absolute atomic E-state index is 0.0198. The van der Waals surface area contributed by atoms with Crippen molar-refractivity contribution in [2.75, 3.05) is 0 Å². The molecule has 2 aliphatic carbocycles. The van der Waals surface area contributed by atoms with Crippen LogP contribution in [-0.4, -0.2) is 29.8 Å². The average molecular weight is 466 g/mol. The zero-order valence-electron chi connectivity index (χ0n) is 18.6. The van der Waals surface area contributed by atoms with Crippen molar-refractivity contribution in [1.29, 1.82) is 0 Å². The Kier molecular flexibility index (Phi) is 5.66. The number of esters is 2. The molecule has 0 N–H and O–H groups in total. The van der Waals surface area contributed by atoms with Crippen molar-refractivity contribution in [2.24, 2.45) is 33.6 Å². The second kappa shape index (κ2) is 7.77. The molecule has 6 atom stereocenters. The van der Waals surface area contributed by atoms with E-state index in [1.807, 2.05) is 6.92 Å². The summed E-state index contributed by atoms with van der Waals surface area (Å²) in [7, 11) is 0. The quantitative estimate of drug-likeness (QED) is 0.538. The topological polar surface area (TPSA) is 65.0 Å². The number of hydrogen-bond acceptors (Lipinski definition) is 5. The highest BCUT2D eigenvalue weighted by atomic mass is 35.5. The highest BCUT2D eigenvalue weighted by Crippen LogP contribution is 2.65. The van der Waals surface area contributed by atoms with Gasteiger partial charge in [0.25, 0.3) is 0 Å². The molecule has 7 heteroatoms. The Hall–Kier alpha value is -1.59. The van der Waals surface area contributed by atoms with Gasteiger partial charge in [0.05, 0.1) is 11.6 Å². The van der Waals surface area contributed by atoms with Crippen LogP contribution < -0.4 is 0 Å². The molecule has 3 aliphatic rings. The first-order valence-corrected chi connectivity index (χ1v) is 11.6. The zero-order chi connectivity index (χ0) is 22.7. The first-order chi connectivity index (χ1) is 14.5. The smallest absolute Gasteiger partial charge is 0.331 e. The fourth-order valence-corrected chi connectivity index (χ4v) is 6.05. The molecule has 5 nitrogen and oxygen atoms in total. The molecule has 1 heterocycles. The maximum absolute atomic E-state index is 12.8. The number of benzene rings is 1. The van der Waals surface area contributed by atoms with E-state index in [2.05, 4.69) is 20.8 Å². The molecular formula is C24H29Cl2NO4. The Morgan fingerprint density at radius 1 is 1.26 bits per heavy atom. The van der Waals surface area contributed by atoms with E-state index in [0.29, 0.717) is 21.5 Å². The Labute approximate surface area is 193 Å². The molecule has 2 bridgehead atoms. The summed E-state index contributed by atoms with van der Waals surface area (Å²) in [6, 6.07) is 4.43. The molecule has 1 aromatic carbocycles. The van der Waals surface area contributed by atoms with Gasteiger partial charge in [-0.3, -0.25) is 9.79 Å². The highest BCUT2D eigenvalue weighted by molar-refractivity contribution is 6.35. The molecule has 1 aliphatic heterocycles. The fraction of sp³-hybridized carbons (Fsp3) is 0.625. The van der Waals surface area contributed by atoms with Crippen LogP contribution in [0.4, 0.5) is 0 Å². The van der Waals surface area contributed by atoms with E-state index in [1.165, 1.54) is 0 Å². The molecule has 0 unspecified atom stereocenters. The third-order valence-electron chi connectivity index (χ3n) is 8.35. The lowest BCUT2D eigenvalue weighted by Gasteiger charge is -2.37. The number of rotatable bonds is 5. The number of aliphatic imine (C=N–C) groups is 1. The molecule has 1 aromatic rings. The maximum atomic E-state index is 12.8. The Morgan fingerprint density at radius 2 is 1.90 bits per heavy atom. The highest BCUT2D eigenvalue weighted by Gasteiger charge is 2.67. The summed E-state index contributed by atoms with van der Waals surface area (Å²) in [5.41, 5.74) is 1.52. The molecule has 2 saturated carbocycles. The number of carbonyl (C=O) groups excluding carboxylic acids is 2. The van der Waals surface area contributed by atoms with Crippen molar-refractivity contribution in [3.63, 3.8) is 0 Å². The third kappa shape index (κ3) is 3.39. The SMILES string of the molecule is C[C@@H]([C@@H](C)C(=O)OCc1c(Cl)cccc1Cl)[C@H]1N=C2[C@H](OC1=O)[C@H]1CC[C@]2(C)C1(C)C. The number of fused-ring (bicyclic) bond motifs is 5. The third-order valence-corrected chi connectivity index (χ3v) is 9.05. The minimum atomic E-state index is -0.704. The van der Waals surface area contributed by atoms with Crippen LogP contribution >= 0.6 is 23.2 Å². The summed E-state index contributed by atoms with van der Waals surface area (Å²) in [6.45, 7) is 10.3. The first-order valence-electron chi connectivity index (χ1n) is 10.9. The summed E-state index contributed by atoms with van der Waals surface area (Å²) in [5.74, 6) is -1.36. The van der Waals surface area contributed by atoms with Gasteiger partial charge in [0.1, 0.15) is 12.7 Å². The van der Waals surface area contributed by atoms with Crippen molar-refractivity contribution in [3.05, 3.63) is 33.8 Å². The van der Waals surface area contributed by atoms with E-state index in [0.717, 1.165) is 18.6 Å². The van der Waals surface area contributed by atoms with Crippen molar-refractivity contribution in [2.45, 2.75) is 66.2 Å². The maximum Gasteiger partial charge on any atom is 0.331 e. The van der Waals surface area contributed by atoms with Gasteiger partial charge in [-0.25, -0.2) is 4.79 Å². The van der Waals surface area contributed by atoms with Crippen LogP contribution in [0.2, 0.25) is 10.0 Å². The lowest BCUT2D eigenvalue weighted by atomic mass is 9.70. The van der Waals surface area contributed by atoms with Gasteiger partial charge >= 0.3 is 11.9 Å². The predicted octanol–water partition coefficient (Wildman–Crippen LogP) is 5.50. The molecule has 0 saturated heterocycles. The number of ether oxygens (including phenoxy) is 2. The van der Waals surface area contributed by atoms with E-state index in [9.17, 15) is 9.59 Å². The summed E-state index contributed by atoms with van der Waals surface area (Å²) in [6.07, 6.45) is 1.87. The van der Waals surface area contributed by atoms with Crippen LogP contribution in [0.3, 0.4) is 0 Å². The van der Waals surface area contributed by atoms with Crippen molar-refractivity contribution in [1.82, 2.24) is 0 Å². The zero-order valence-corrected chi connectivity index (χ0v) is 20.1. The predicted molar refractivity (Wildman–Crippen MR) is 120 cm³/mol. The van der Waals surface area contributed by atoms with Gasteiger partial charge in [0.2, 0.25) is 0 Å². The van der Waals surface area contributed by atoms with Gasteiger partial charge in [-0.05, 0) is 30.4 Å². The largest absolute Gasteiger partial charge is 0.460 e. The van der Waals surface area contributed by atoms with Gasteiger partial charge in [-0.15, -0.1) is 0 Å². The number of halogens is 2. The number of carbonyl (C=O) groups is 2. The Balaban J connectivity index is 1.49. The molecule has 0 spiro atoms. The van der Waals surface area contributed by atoms with Crippen LogP contribution in [0, 0.1) is 28.6 Å². The average Bonchev–Trinajstić information content (AvgIpc) is 3.03. The van der Waals surface area contributed by atoms with Crippen molar-refractivity contribution >= 4 is 40.9 Å². The monoisotopic (exact) mass is 465 g/mol. The normalized spacial score (nSPS) is 32.7.